The Morgan fingerprint density at radius 2 is 2.00 bits per heavy atom. The van der Waals surface area contributed by atoms with Crippen molar-refractivity contribution in [1.82, 2.24) is 0 Å². The highest BCUT2D eigenvalue weighted by Crippen LogP contribution is 2.11. The Hall–Kier alpha value is -1.52. The third kappa shape index (κ3) is 3.14. The highest BCUT2D eigenvalue weighted by atomic mass is 35.5. The van der Waals surface area contributed by atoms with Gasteiger partial charge in [-0.05, 0) is 23.8 Å². The Morgan fingerprint density at radius 1 is 1.38 bits per heavy atom. The van der Waals surface area contributed by atoms with Crippen molar-refractivity contribution >= 4 is 17.7 Å². The van der Waals surface area contributed by atoms with Gasteiger partial charge in [0.1, 0.15) is 0 Å². The summed E-state index contributed by atoms with van der Waals surface area (Å²) in [4.78, 5) is 0. The second-order valence-electron chi connectivity index (χ2n) is 2.52. The van der Waals surface area contributed by atoms with Crippen LogP contribution in [0.15, 0.2) is 42.5 Å². The predicted molar refractivity (Wildman–Crippen MR) is 55.2 cm³/mol. The summed E-state index contributed by atoms with van der Waals surface area (Å²) >= 11 is 5.71. The SMILES string of the molecule is C=C(C#N)/C=C\c1ccc(Cl)cc1. The van der Waals surface area contributed by atoms with Crippen LogP contribution in [0.5, 0.6) is 0 Å². The Morgan fingerprint density at radius 3 is 2.54 bits per heavy atom. The van der Waals surface area contributed by atoms with Crippen molar-refractivity contribution < 1.29 is 0 Å². The molecule has 1 nitrogen and oxygen atoms in total. The number of hydrogen-bond donors (Lipinski definition) is 0. The molecule has 0 heterocycles. The predicted octanol–water partition coefficient (Wildman–Crippen LogP) is 3.43. The van der Waals surface area contributed by atoms with Gasteiger partial charge in [-0.15, -0.1) is 0 Å². The summed E-state index contributed by atoms with van der Waals surface area (Å²) < 4.78 is 0. The molecule has 0 aromatic heterocycles. The molecule has 0 radical (unpaired) electrons. The van der Waals surface area contributed by atoms with Crippen molar-refractivity contribution in [3.8, 4) is 6.07 Å². The first-order chi connectivity index (χ1) is 6.22. The maximum absolute atomic E-state index is 8.44. The third-order valence-electron chi connectivity index (χ3n) is 1.49. The monoisotopic (exact) mass is 189 g/mol. The van der Waals surface area contributed by atoms with Crippen LogP contribution < -0.4 is 0 Å². The quantitative estimate of drug-likeness (QED) is 0.517. The van der Waals surface area contributed by atoms with Crippen molar-refractivity contribution in [3.05, 3.63) is 53.1 Å². The molecular weight excluding hydrogens is 182 g/mol. The Kier molecular flexibility index (Phi) is 3.31. The fourth-order valence-corrected chi connectivity index (χ4v) is 0.934. The van der Waals surface area contributed by atoms with E-state index in [1.54, 1.807) is 18.2 Å². The van der Waals surface area contributed by atoms with Gasteiger partial charge >= 0.3 is 0 Å². The van der Waals surface area contributed by atoms with Gasteiger partial charge in [0.2, 0.25) is 0 Å². The normalized spacial score (nSPS) is 9.85. The van der Waals surface area contributed by atoms with Crippen molar-refractivity contribution in [2.24, 2.45) is 0 Å². The van der Waals surface area contributed by atoms with E-state index in [1.165, 1.54) is 0 Å². The molecule has 0 aliphatic rings. The molecule has 0 aliphatic heterocycles. The minimum Gasteiger partial charge on any atom is -0.192 e. The molecule has 0 spiro atoms. The zero-order valence-corrected chi connectivity index (χ0v) is 7.75. The summed E-state index contributed by atoms with van der Waals surface area (Å²) in [5.74, 6) is 0. The van der Waals surface area contributed by atoms with E-state index in [0.717, 1.165) is 5.56 Å². The molecule has 1 aromatic carbocycles. The number of allylic oxidation sites excluding steroid dienone is 2. The van der Waals surface area contributed by atoms with Crippen molar-refractivity contribution in [3.63, 3.8) is 0 Å². The molecule has 64 valence electrons. The Balaban J connectivity index is 2.76. The van der Waals surface area contributed by atoms with E-state index in [2.05, 4.69) is 6.58 Å². The fourth-order valence-electron chi connectivity index (χ4n) is 0.808. The lowest BCUT2D eigenvalue weighted by Gasteiger charge is -1.92. The van der Waals surface area contributed by atoms with E-state index in [-0.39, 0.29) is 0 Å². The lowest BCUT2D eigenvalue weighted by Crippen LogP contribution is -1.71. The number of halogens is 1. The maximum Gasteiger partial charge on any atom is 0.0985 e. The molecule has 2 heteroatoms. The maximum atomic E-state index is 8.44. The Labute approximate surface area is 82.6 Å². The average molecular weight is 190 g/mol. The van der Waals surface area contributed by atoms with E-state index >= 15 is 0 Å². The first kappa shape index (κ1) is 9.57. The molecule has 0 atom stereocenters. The van der Waals surface area contributed by atoms with E-state index in [4.69, 9.17) is 16.9 Å². The van der Waals surface area contributed by atoms with Crippen LogP contribution in [-0.2, 0) is 0 Å². The van der Waals surface area contributed by atoms with Crippen LogP contribution in [0.3, 0.4) is 0 Å². The molecule has 1 rings (SSSR count). The van der Waals surface area contributed by atoms with Gasteiger partial charge in [0.05, 0.1) is 6.07 Å². The second kappa shape index (κ2) is 4.49. The topological polar surface area (TPSA) is 23.8 Å². The van der Waals surface area contributed by atoms with Gasteiger partial charge in [-0.1, -0.05) is 36.4 Å². The average Bonchev–Trinajstić information content (AvgIpc) is 2.16. The molecule has 0 unspecified atom stereocenters. The van der Waals surface area contributed by atoms with Crippen LogP contribution in [0.25, 0.3) is 6.08 Å². The van der Waals surface area contributed by atoms with E-state index < -0.39 is 0 Å². The lowest BCUT2D eigenvalue weighted by atomic mass is 10.2. The van der Waals surface area contributed by atoms with Gasteiger partial charge in [0.15, 0.2) is 0 Å². The standard InChI is InChI=1S/C11H8ClN/c1-9(8-13)2-3-10-4-6-11(12)7-5-10/h2-7H,1H2/b3-2-. The lowest BCUT2D eigenvalue weighted by molar-refractivity contribution is 1.51. The van der Waals surface area contributed by atoms with Crippen LogP contribution in [-0.4, -0.2) is 0 Å². The molecule has 0 bridgehead atoms. The van der Waals surface area contributed by atoms with Crippen LogP contribution in [0, 0.1) is 11.3 Å². The number of nitrogens with zero attached hydrogens (tertiary/aromatic N) is 1. The molecule has 0 aliphatic carbocycles. The molecule has 13 heavy (non-hydrogen) atoms. The molecule has 1 aromatic rings. The number of hydrogen-bond acceptors (Lipinski definition) is 1. The zero-order chi connectivity index (χ0) is 9.68. The summed E-state index contributed by atoms with van der Waals surface area (Å²) in [5, 5.41) is 9.14. The fraction of sp³-hybridized carbons (Fsp3) is 0. The van der Waals surface area contributed by atoms with Gasteiger partial charge in [0, 0.05) is 10.6 Å². The molecular formula is C11H8ClN. The first-order valence-corrected chi connectivity index (χ1v) is 4.13. The van der Waals surface area contributed by atoms with Crippen LogP contribution in [0.1, 0.15) is 5.56 Å². The number of nitriles is 1. The highest BCUT2D eigenvalue weighted by molar-refractivity contribution is 6.30. The Bertz CT molecular complexity index is 368. The second-order valence-corrected chi connectivity index (χ2v) is 2.96. The molecule has 0 N–H and O–H groups in total. The van der Waals surface area contributed by atoms with Crippen molar-refractivity contribution in [1.29, 1.82) is 5.26 Å². The third-order valence-corrected chi connectivity index (χ3v) is 1.74. The van der Waals surface area contributed by atoms with E-state index in [9.17, 15) is 0 Å². The van der Waals surface area contributed by atoms with E-state index in [0.29, 0.717) is 10.6 Å². The molecule has 0 fully saturated rings. The first-order valence-electron chi connectivity index (χ1n) is 3.75. The van der Waals surface area contributed by atoms with E-state index in [1.807, 2.05) is 24.3 Å². The van der Waals surface area contributed by atoms with Crippen LogP contribution in [0.4, 0.5) is 0 Å². The van der Waals surface area contributed by atoms with Gasteiger partial charge in [0.25, 0.3) is 0 Å². The summed E-state index contributed by atoms with van der Waals surface area (Å²) in [6, 6.07) is 9.30. The summed E-state index contributed by atoms with van der Waals surface area (Å²) in [7, 11) is 0. The van der Waals surface area contributed by atoms with Crippen molar-refractivity contribution in [2.75, 3.05) is 0 Å². The molecule has 0 amide bonds. The highest BCUT2D eigenvalue weighted by Gasteiger charge is 1.87. The number of rotatable bonds is 2. The smallest absolute Gasteiger partial charge is 0.0985 e. The van der Waals surface area contributed by atoms with Crippen molar-refractivity contribution in [2.45, 2.75) is 0 Å². The zero-order valence-electron chi connectivity index (χ0n) is 7.00. The van der Waals surface area contributed by atoms with Gasteiger partial charge in [-0.3, -0.25) is 0 Å². The van der Waals surface area contributed by atoms with Gasteiger partial charge in [-0.25, -0.2) is 0 Å². The summed E-state index contributed by atoms with van der Waals surface area (Å²) in [5.41, 5.74) is 1.44. The van der Waals surface area contributed by atoms with Crippen LogP contribution >= 0.6 is 11.6 Å². The summed E-state index contributed by atoms with van der Waals surface area (Å²) in [6.07, 6.45) is 3.49. The van der Waals surface area contributed by atoms with Gasteiger partial charge < -0.3 is 0 Å². The number of benzene rings is 1. The molecule has 0 saturated heterocycles. The largest absolute Gasteiger partial charge is 0.192 e. The summed E-state index contributed by atoms with van der Waals surface area (Å²) in [6.45, 7) is 3.53. The minimum absolute atomic E-state index is 0.440. The minimum atomic E-state index is 0.440. The molecule has 0 saturated carbocycles. The van der Waals surface area contributed by atoms with Crippen LogP contribution in [0.2, 0.25) is 5.02 Å². The van der Waals surface area contributed by atoms with Gasteiger partial charge in [-0.2, -0.15) is 5.26 Å².